The Bertz CT molecular complexity index is 844. The van der Waals surface area contributed by atoms with Crippen molar-refractivity contribution in [2.45, 2.75) is 38.8 Å². The van der Waals surface area contributed by atoms with Gasteiger partial charge in [-0.3, -0.25) is 14.5 Å². The smallest absolute Gasteiger partial charge is 0.248 e. The summed E-state index contributed by atoms with van der Waals surface area (Å²) in [6.07, 6.45) is 3.77. The van der Waals surface area contributed by atoms with E-state index in [1.807, 2.05) is 14.0 Å². The van der Waals surface area contributed by atoms with Gasteiger partial charge in [0.2, 0.25) is 11.8 Å². The van der Waals surface area contributed by atoms with Gasteiger partial charge >= 0.3 is 0 Å². The lowest BCUT2D eigenvalue weighted by atomic mass is 10.1. The highest BCUT2D eigenvalue weighted by Gasteiger charge is 2.21. The van der Waals surface area contributed by atoms with Crippen LogP contribution in [-0.4, -0.2) is 42.9 Å². The van der Waals surface area contributed by atoms with Crippen molar-refractivity contribution in [2.75, 3.05) is 30.4 Å². The number of hydrogen-bond donors (Lipinski definition) is 2. The van der Waals surface area contributed by atoms with E-state index >= 15 is 0 Å². The van der Waals surface area contributed by atoms with Gasteiger partial charge in [0.1, 0.15) is 0 Å². The van der Waals surface area contributed by atoms with Gasteiger partial charge in [-0.2, -0.15) is 0 Å². The zero-order valence-corrected chi connectivity index (χ0v) is 17.2. The first-order valence-electron chi connectivity index (χ1n) is 10.2. The van der Waals surface area contributed by atoms with Crippen LogP contribution in [0.5, 0.6) is 0 Å². The first-order valence-corrected chi connectivity index (χ1v) is 10.2. The van der Waals surface area contributed by atoms with E-state index in [0.717, 1.165) is 13.1 Å². The number of nitrogens with zero attached hydrogens (tertiary/aromatic N) is 2. The van der Waals surface area contributed by atoms with E-state index in [1.54, 1.807) is 24.3 Å². The van der Waals surface area contributed by atoms with Crippen LogP contribution < -0.4 is 16.0 Å². The van der Waals surface area contributed by atoms with Crippen molar-refractivity contribution in [1.29, 1.82) is 0 Å². The maximum Gasteiger partial charge on any atom is 0.248 e. The zero-order valence-electron chi connectivity index (χ0n) is 17.2. The van der Waals surface area contributed by atoms with E-state index in [-0.39, 0.29) is 11.9 Å². The average Bonchev–Trinajstić information content (AvgIpc) is 2.74. The summed E-state index contributed by atoms with van der Waals surface area (Å²) < 4.78 is 0. The van der Waals surface area contributed by atoms with Gasteiger partial charge in [0.15, 0.2) is 0 Å². The summed E-state index contributed by atoms with van der Waals surface area (Å²) >= 11 is 0. The van der Waals surface area contributed by atoms with Crippen molar-refractivity contribution >= 4 is 23.2 Å². The Hall–Kier alpha value is -2.86. The van der Waals surface area contributed by atoms with Crippen LogP contribution in [0.1, 0.15) is 42.1 Å². The lowest BCUT2D eigenvalue weighted by Crippen LogP contribution is -2.39. The Balaban J connectivity index is 1.63. The molecule has 154 valence electrons. The second kappa shape index (κ2) is 9.56. The number of amides is 2. The Morgan fingerprint density at radius 3 is 2.38 bits per heavy atom. The van der Waals surface area contributed by atoms with E-state index in [2.05, 4.69) is 39.4 Å². The average molecular weight is 395 g/mol. The summed E-state index contributed by atoms with van der Waals surface area (Å²) in [5.74, 6) is -0.571. The Morgan fingerprint density at radius 2 is 1.72 bits per heavy atom. The number of rotatable bonds is 7. The summed E-state index contributed by atoms with van der Waals surface area (Å²) in [6.45, 7) is 4.79. The summed E-state index contributed by atoms with van der Waals surface area (Å²) in [4.78, 5) is 28.4. The van der Waals surface area contributed by atoms with Gasteiger partial charge in [0.05, 0.1) is 6.04 Å². The van der Waals surface area contributed by atoms with Gasteiger partial charge in [0.25, 0.3) is 0 Å². The predicted molar refractivity (Wildman–Crippen MR) is 117 cm³/mol. The first kappa shape index (κ1) is 20.9. The summed E-state index contributed by atoms with van der Waals surface area (Å²) in [5.41, 5.74) is 8.83. The molecule has 3 N–H and O–H groups in total. The van der Waals surface area contributed by atoms with E-state index in [1.165, 1.54) is 30.5 Å². The normalized spacial score (nSPS) is 15.2. The molecule has 29 heavy (non-hydrogen) atoms. The van der Waals surface area contributed by atoms with Crippen LogP contribution >= 0.6 is 0 Å². The number of benzene rings is 2. The van der Waals surface area contributed by atoms with E-state index in [0.29, 0.717) is 17.8 Å². The molecule has 1 saturated heterocycles. The van der Waals surface area contributed by atoms with E-state index < -0.39 is 5.91 Å². The maximum absolute atomic E-state index is 12.7. The molecule has 1 aliphatic rings. The number of para-hydroxylation sites is 1. The van der Waals surface area contributed by atoms with Crippen molar-refractivity contribution < 1.29 is 9.59 Å². The fourth-order valence-electron chi connectivity index (χ4n) is 3.66. The van der Waals surface area contributed by atoms with Crippen LogP contribution in [0.25, 0.3) is 0 Å². The molecule has 0 saturated carbocycles. The zero-order chi connectivity index (χ0) is 20.8. The number of nitrogens with two attached hydrogens (primary N) is 1. The molecule has 0 aromatic heterocycles. The Morgan fingerprint density at radius 1 is 1.07 bits per heavy atom. The van der Waals surface area contributed by atoms with Gasteiger partial charge in [-0.25, -0.2) is 0 Å². The molecular formula is C23H30N4O2. The largest absolute Gasteiger partial charge is 0.371 e. The third kappa shape index (κ3) is 5.35. The van der Waals surface area contributed by atoms with Crippen molar-refractivity contribution in [3.63, 3.8) is 0 Å². The minimum absolute atomic E-state index is 0.0882. The van der Waals surface area contributed by atoms with Crippen LogP contribution in [0.3, 0.4) is 0 Å². The molecule has 0 unspecified atom stereocenters. The number of carbonyl (C=O) groups excluding carboxylic acids is 2. The molecule has 1 heterocycles. The van der Waals surface area contributed by atoms with Crippen molar-refractivity contribution in [2.24, 2.45) is 5.73 Å². The van der Waals surface area contributed by atoms with Crippen molar-refractivity contribution in [3.8, 4) is 0 Å². The number of piperidine rings is 1. The lowest BCUT2D eigenvalue weighted by Gasteiger charge is -2.32. The summed E-state index contributed by atoms with van der Waals surface area (Å²) in [6, 6.07) is 14.8. The Kier molecular flexibility index (Phi) is 6.88. The summed E-state index contributed by atoms with van der Waals surface area (Å²) in [5, 5.41) is 2.91. The van der Waals surface area contributed by atoms with Gasteiger partial charge < -0.3 is 16.0 Å². The predicted octanol–water partition coefficient (Wildman–Crippen LogP) is 3.23. The van der Waals surface area contributed by atoms with Gasteiger partial charge in [-0.05, 0) is 69.1 Å². The van der Waals surface area contributed by atoms with Crippen molar-refractivity contribution in [1.82, 2.24) is 4.90 Å². The fraction of sp³-hybridized carbons (Fsp3) is 0.391. The van der Waals surface area contributed by atoms with Crippen LogP contribution in [0.2, 0.25) is 0 Å². The van der Waals surface area contributed by atoms with Gasteiger partial charge in [-0.15, -0.1) is 0 Å². The lowest BCUT2D eigenvalue weighted by molar-refractivity contribution is -0.120. The molecule has 1 fully saturated rings. The molecule has 6 nitrogen and oxygen atoms in total. The second-order valence-corrected chi connectivity index (χ2v) is 7.70. The molecular weight excluding hydrogens is 364 g/mol. The topological polar surface area (TPSA) is 78.7 Å². The van der Waals surface area contributed by atoms with E-state index in [4.69, 9.17) is 5.73 Å². The van der Waals surface area contributed by atoms with Crippen molar-refractivity contribution in [3.05, 3.63) is 59.7 Å². The third-order valence-corrected chi connectivity index (χ3v) is 5.59. The number of nitrogens with one attached hydrogen (secondary N) is 1. The standard InChI is InChI=1S/C23H30N4O2/c1-17(23(29)25-20-12-10-18(11-13-20)22(24)28)26(2)16-19-8-4-5-9-21(19)27-14-6-3-7-15-27/h4-5,8-13,17H,3,6-7,14-16H2,1-2H3,(H2,24,28)(H,25,29)/t17-/m1/s1. The molecule has 1 aliphatic heterocycles. The number of anilines is 2. The fourth-order valence-corrected chi connectivity index (χ4v) is 3.66. The Labute approximate surface area is 172 Å². The van der Waals surface area contributed by atoms with Crippen LogP contribution in [0.4, 0.5) is 11.4 Å². The number of carbonyl (C=O) groups is 2. The highest BCUT2D eigenvalue weighted by molar-refractivity contribution is 5.96. The monoisotopic (exact) mass is 394 g/mol. The molecule has 6 heteroatoms. The number of hydrogen-bond acceptors (Lipinski definition) is 4. The van der Waals surface area contributed by atoms with Crippen LogP contribution in [-0.2, 0) is 11.3 Å². The molecule has 0 bridgehead atoms. The molecule has 2 aromatic carbocycles. The highest BCUT2D eigenvalue weighted by atomic mass is 16.2. The van der Waals surface area contributed by atoms with E-state index in [9.17, 15) is 9.59 Å². The van der Waals surface area contributed by atoms with Gasteiger partial charge in [-0.1, -0.05) is 18.2 Å². The molecule has 0 spiro atoms. The summed E-state index contributed by atoms with van der Waals surface area (Å²) in [7, 11) is 1.97. The quantitative estimate of drug-likeness (QED) is 0.756. The minimum atomic E-state index is -0.483. The minimum Gasteiger partial charge on any atom is -0.371 e. The molecule has 0 aliphatic carbocycles. The third-order valence-electron chi connectivity index (χ3n) is 5.59. The number of likely N-dealkylation sites (N-methyl/N-ethyl adjacent to an activating group) is 1. The van der Waals surface area contributed by atoms with Crippen LogP contribution in [0.15, 0.2) is 48.5 Å². The molecule has 2 amide bonds. The molecule has 3 rings (SSSR count). The molecule has 1 atom stereocenters. The molecule has 0 radical (unpaired) electrons. The maximum atomic E-state index is 12.7. The second-order valence-electron chi connectivity index (χ2n) is 7.70. The first-order chi connectivity index (χ1) is 14.0. The van der Waals surface area contributed by atoms with Crippen LogP contribution in [0, 0.1) is 0 Å². The number of primary amides is 1. The highest BCUT2D eigenvalue weighted by Crippen LogP contribution is 2.25. The van der Waals surface area contributed by atoms with Gasteiger partial charge in [0, 0.05) is 36.6 Å². The SMILES string of the molecule is C[C@H](C(=O)Nc1ccc(C(N)=O)cc1)N(C)Cc1ccccc1N1CCCCC1. The molecule has 2 aromatic rings.